The summed E-state index contributed by atoms with van der Waals surface area (Å²) in [6.45, 7) is 3.68. The summed E-state index contributed by atoms with van der Waals surface area (Å²) < 4.78 is 0.926. The first-order valence-electron chi connectivity index (χ1n) is 7.89. The van der Waals surface area contributed by atoms with Gasteiger partial charge in [0.05, 0.1) is 0 Å². The summed E-state index contributed by atoms with van der Waals surface area (Å²) in [5.41, 5.74) is 0.825. The molecule has 1 aromatic rings. The highest BCUT2D eigenvalue weighted by atomic mass is 79.9. The van der Waals surface area contributed by atoms with Crippen molar-refractivity contribution >= 4 is 33.4 Å². The molecule has 1 heterocycles. The number of hydrogen-bond donors (Lipinski definition) is 0. The second-order valence-corrected chi connectivity index (χ2v) is 6.61. The minimum absolute atomic E-state index is 0.0400. The van der Waals surface area contributed by atoms with Crippen molar-refractivity contribution < 1.29 is 9.59 Å². The van der Waals surface area contributed by atoms with Gasteiger partial charge in [-0.05, 0) is 31.0 Å². The standard InChI is InChI=1S/C17H23BrN2O2/c1-14(21)20(16-8-6-7-15(18)13-16)12-9-17(22)19-10-4-2-3-5-11-19/h6-8,13H,2-5,9-12H2,1H3. The van der Waals surface area contributed by atoms with E-state index in [1.54, 1.807) is 4.90 Å². The third-order valence-electron chi connectivity index (χ3n) is 4.01. The van der Waals surface area contributed by atoms with Gasteiger partial charge in [0.25, 0.3) is 0 Å². The van der Waals surface area contributed by atoms with Crippen LogP contribution < -0.4 is 4.90 Å². The van der Waals surface area contributed by atoms with Crippen molar-refractivity contribution in [2.75, 3.05) is 24.5 Å². The van der Waals surface area contributed by atoms with Gasteiger partial charge in [-0.15, -0.1) is 0 Å². The van der Waals surface area contributed by atoms with Crippen LogP contribution in [-0.4, -0.2) is 36.3 Å². The van der Waals surface area contributed by atoms with E-state index in [0.29, 0.717) is 13.0 Å². The summed E-state index contributed by atoms with van der Waals surface area (Å²) >= 11 is 3.42. The Morgan fingerprint density at radius 2 is 1.86 bits per heavy atom. The smallest absolute Gasteiger partial charge is 0.224 e. The van der Waals surface area contributed by atoms with Gasteiger partial charge in [-0.1, -0.05) is 34.8 Å². The highest BCUT2D eigenvalue weighted by molar-refractivity contribution is 9.10. The summed E-state index contributed by atoms with van der Waals surface area (Å²) in [7, 11) is 0. The number of halogens is 1. The van der Waals surface area contributed by atoms with Crippen molar-refractivity contribution in [2.45, 2.75) is 39.0 Å². The molecule has 1 aliphatic rings. The van der Waals surface area contributed by atoms with Crippen LogP contribution in [0.2, 0.25) is 0 Å². The molecule has 0 N–H and O–H groups in total. The molecule has 4 nitrogen and oxygen atoms in total. The van der Waals surface area contributed by atoms with Crippen LogP contribution in [0.1, 0.15) is 39.0 Å². The van der Waals surface area contributed by atoms with Gasteiger partial charge >= 0.3 is 0 Å². The largest absolute Gasteiger partial charge is 0.343 e. The number of amides is 2. The zero-order chi connectivity index (χ0) is 15.9. The van der Waals surface area contributed by atoms with Crippen molar-refractivity contribution in [3.63, 3.8) is 0 Å². The fourth-order valence-corrected chi connectivity index (χ4v) is 3.19. The van der Waals surface area contributed by atoms with Crippen LogP contribution >= 0.6 is 15.9 Å². The Morgan fingerprint density at radius 3 is 2.45 bits per heavy atom. The molecule has 2 rings (SSSR count). The molecule has 0 bridgehead atoms. The molecule has 120 valence electrons. The molecule has 0 spiro atoms. The molecular weight excluding hydrogens is 344 g/mol. The predicted molar refractivity (Wildman–Crippen MR) is 91.8 cm³/mol. The monoisotopic (exact) mass is 366 g/mol. The lowest BCUT2D eigenvalue weighted by atomic mass is 10.2. The van der Waals surface area contributed by atoms with Gasteiger partial charge < -0.3 is 9.80 Å². The quantitative estimate of drug-likeness (QED) is 0.816. The number of carbonyl (C=O) groups is 2. The average molecular weight is 367 g/mol. The number of carbonyl (C=O) groups excluding carboxylic acids is 2. The Kier molecular flexibility index (Phi) is 6.43. The molecule has 1 fully saturated rings. The second kappa shape index (κ2) is 8.32. The number of hydrogen-bond acceptors (Lipinski definition) is 2. The van der Waals surface area contributed by atoms with Crippen molar-refractivity contribution in [3.05, 3.63) is 28.7 Å². The molecule has 0 unspecified atom stereocenters. The lowest BCUT2D eigenvalue weighted by molar-refractivity contribution is -0.131. The Labute approximate surface area is 140 Å². The van der Waals surface area contributed by atoms with Crippen molar-refractivity contribution in [1.29, 1.82) is 0 Å². The summed E-state index contributed by atoms with van der Waals surface area (Å²) in [5, 5.41) is 0. The topological polar surface area (TPSA) is 40.6 Å². The predicted octanol–water partition coefficient (Wildman–Crippen LogP) is 3.59. The Hall–Kier alpha value is -1.36. The van der Waals surface area contributed by atoms with Crippen LogP contribution in [0.3, 0.4) is 0 Å². The third kappa shape index (κ3) is 4.83. The Morgan fingerprint density at radius 1 is 1.18 bits per heavy atom. The van der Waals surface area contributed by atoms with Gasteiger partial charge in [0.15, 0.2) is 0 Å². The van der Waals surface area contributed by atoms with Crippen molar-refractivity contribution in [1.82, 2.24) is 4.90 Å². The first kappa shape index (κ1) is 17.0. The molecule has 0 saturated carbocycles. The summed E-state index contributed by atoms with van der Waals surface area (Å²) in [4.78, 5) is 27.9. The summed E-state index contributed by atoms with van der Waals surface area (Å²) in [5.74, 6) is 0.116. The highest BCUT2D eigenvalue weighted by Crippen LogP contribution is 2.20. The number of anilines is 1. The van der Waals surface area contributed by atoms with Gasteiger partial charge in [-0.25, -0.2) is 0 Å². The second-order valence-electron chi connectivity index (χ2n) is 5.70. The first-order chi connectivity index (χ1) is 10.6. The molecule has 22 heavy (non-hydrogen) atoms. The molecule has 5 heteroatoms. The number of nitrogens with zero attached hydrogens (tertiary/aromatic N) is 2. The lowest BCUT2D eigenvalue weighted by Gasteiger charge is -2.24. The van der Waals surface area contributed by atoms with Gasteiger partial charge in [0, 0.05) is 43.1 Å². The van der Waals surface area contributed by atoms with Gasteiger partial charge in [0.1, 0.15) is 0 Å². The van der Waals surface area contributed by atoms with Crippen LogP contribution in [-0.2, 0) is 9.59 Å². The van der Waals surface area contributed by atoms with Crippen LogP contribution in [0.5, 0.6) is 0 Å². The molecular formula is C17H23BrN2O2. The number of likely N-dealkylation sites (tertiary alicyclic amines) is 1. The Balaban J connectivity index is 1.97. The molecule has 1 aromatic carbocycles. The summed E-state index contributed by atoms with van der Waals surface area (Å²) in [6, 6.07) is 7.61. The molecule has 0 radical (unpaired) electrons. The van der Waals surface area contributed by atoms with E-state index in [1.807, 2.05) is 29.2 Å². The van der Waals surface area contributed by atoms with E-state index in [1.165, 1.54) is 19.8 Å². The normalized spacial score (nSPS) is 15.3. The van der Waals surface area contributed by atoms with Crippen LogP contribution in [0.15, 0.2) is 28.7 Å². The zero-order valence-electron chi connectivity index (χ0n) is 13.1. The SMILES string of the molecule is CC(=O)N(CCC(=O)N1CCCCCC1)c1cccc(Br)c1. The van der Waals surface area contributed by atoms with E-state index in [9.17, 15) is 9.59 Å². The first-order valence-corrected chi connectivity index (χ1v) is 8.68. The fourth-order valence-electron chi connectivity index (χ4n) is 2.80. The van der Waals surface area contributed by atoms with E-state index in [4.69, 9.17) is 0 Å². The van der Waals surface area contributed by atoms with Crippen molar-refractivity contribution in [3.8, 4) is 0 Å². The number of benzene rings is 1. The lowest BCUT2D eigenvalue weighted by Crippen LogP contribution is -2.36. The third-order valence-corrected chi connectivity index (χ3v) is 4.50. The van der Waals surface area contributed by atoms with E-state index in [2.05, 4.69) is 15.9 Å². The van der Waals surface area contributed by atoms with Crippen LogP contribution in [0, 0.1) is 0 Å². The molecule has 0 atom stereocenters. The highest BCUT2D eigenvalue weighted by Gasteiger charge is 2.18. The van der Waals surface area contributed by atoms with Gasteiger partial charge in [-0.2, -0.15) is 0 Å². The van der Waals surface area contributed by atoms with E-state index < -0.39 is 0 Å². The van der Waals surface area contributed by atoms with Gasteiger partial charge in [0.2, 0.25) is 11.8 Å². The maximum Gasteiger partial charge on any atom is 0.224 e. The summed E-state index contributed by atoms with van der Waals surface area (Å²) in [6.07, 6.45) is 4.98. The Bertz CT molecular complexity index is 525. The zero-order valence-corrected chi connectivity index (χ0v) is 14.6. The minimum Gasteiger partial charge on any atom is -0.343 e. The van der Waals surface area contributed by atoms with E-state index >= 15 is 0 Å². The molecule has 1 saturated heterocycles. The van der Waals surface area contributed by atoms with Crippen LogP contribution in [0.4, 0.5) is 5.69 Å². The number of rotatable bonds is 4. The van der Waals surface area contributed by atoms with E-state index in [-0.39, 0.29) is 11.8 Å². The maximum absolute atomic E-state index is 12.4. The van der Waals surface area contributed by atoms with Crippen molar-refractivity contribution in [2.24, 2.45) is 0 Å². The maximum atomic E-state index is 12.4. The molecule has 2 amide bonds. The van der Waals surface area contributed by atoms with E-state index in [0.717, 1.165) is 36.1 Å². The molecule has 0 aromatic heterocycles. The minimum atomic E-state index is -0.0400. The van der Waals surface area contributed by atoms with Crippen LogP contribution in [0.25, 0.3) is 0 Å². The van der Waals surface area contributed by atoms with Gasteiger partial charge in [-0.3, -0.25) is 9.59 Å². The average Bonchev–Trinajstić information content (AvgIpc) is 2.76. The fraction of sp³-hybridized carbons (Fsp3) is 0.529. The molecule has 1 aliphatic heterocycles. The molecule has 0 aliphatic carbocycles.